The highest BCUT2D eigenvalue weighted by Gasteiger charge is 2.26. The number of phenols is 1. The Kier molecular flexibility index (Phi) is 7.91. The average Bonchev–Trinajstić information content (AvgIpc) is 3.65. The van der Waals surface area contributed by atoms with E-state index in [1.54, 1.807) is 18.3 Å². The molecule has 0 atom stereocenters. The molecule has 0 saturated heterocycles. The molecule has 0 fully saturated rings. The van der Waals surface area contributed by atoms with Crippen LogP contribution in [0.4, 0.5) is 0 Å². The van der Waals surface area contributed by atoms with Gasteiger partial charge in [-0.1, -0.05) is 146 Å². The van der Waals surface area contributed by atoms with Gasteiger partial charge in [0.15, 0.2) is 0 Å². The van der Waals surface area contributed by atoms with Crippen molar-refractivity contribution in [3.63, 3.8) is 0 Å². The van der Waals surface area contributed by atoms with Crippen LogP contribution in [0.2, 0.25) is 0 Å². The lowest BCUT2D eigenvalue weighted by molar-refractivity contribution is 0.471. The Morgan fingerprint density at radius 1 is 0.661 bits per heavy atom. The number of imidazole rings is 1. The van der Waals surface area contributed by atoms with Gasteiger partial charge in [0.25, 0.3) is 0 Å². The lowest BCUT2D eigenvalue weighted by Gasteiger charge is -2.22. The standard InChI is InChI=1S/C55H55N3O/c1-34(2)39-23-24-49(46(31-39)38-15-12-11-13-16-38)58-50-18-14-17-45(51(50)57-53(58)47-33-43(54(5,6)7)27-36(4)52(47)59)41-28-42(30-44(29-41)55(8,9)10)48-32-40(25-26-56-48)37-21-19-35(3)20-22-37/h11-34,59H,1-10H3/i3D3,19D,20D,21D,22D,34D. The second-order valence-corrected chi connectivity index (χ2v) is 17.7. The van der Waals surface area contributed by atoms with E-state index in [1.807, 2.05) is 87.5 Å². The highest BCUT2D eigenvalue weighted by Crippen LogP contribution is 2.44. The van der Waals surface area contributed by atoms with Crippen LogP contribution in [-0.2, 0) is 10.8 Å². The molecule has 0 saturated carbocycles. The summed E-state index contributed by atoms with van der Waals surface area (Å²) >= 11 is 0. The largest absolute Gasteiger partial charge is 0.507 e. The molecule has 59 heavy (non-hydrogen) atoms. The maximum atomic E-state index is 12.0. The zero-order chi connectivity index (χ0) is 48.7. The van der Waals surface area contributed by atoms with Crippen molar-refractivity contribution in [2.75, 3.05) is 0 Å². The molecule has 296 valence electrons. The normalized spacial score (nSPS) is 14.5. The zero-order valence-electron chi connectivity index (χ0n) is 43.3. The van der Waals surface area contributed by atoms with E-state index in [4.69, 9.17) is 20.9 Å². The minimum Gasteiger partial charge on any atom is -0.507 e. The number of hydrogen-bond acceptors (Lipinski definition) is 3. The number of aromatic nitrogens is 3. The summed E-state index contributed by atoms with van der Waals surface area (Å²) in [7, 11) is 0. The van der Waals surface area contributed by atoms with Crippen LogP contribution >= 0.6 is 0 Å². The Labute approximate surface area is 361 Å². The number of aromatic hydroxyl groups is 1. The summed E-state index contributed by atoms with van der Waals surface area (Å²) in [5, 5.41) is 12.0. The molecule has 4 nitrogen and oxygen atoms in total. The predicted octanol–water partition coefficient (Wildman–Crippen LogP) is 14.8. The molecule has 0 aliphatic heterocycles. The Morgan fingerprint density at radius 3 is 2.07 bits per heavy atom. The van der Waals surface area contributed by atoms with Crippen LogP contribution in [0.15, 0.2) is 140 Å². The van der Waals surface area contributed by atoms with Gasteiger partial charge in [-0.3, -0.25) is 9.55 Å². The number of pyridine rings is 1. The fourth-order valence-electron chi connectivity index (χ4n) is 7.60. The van der Waals surface area contributed by atoms with E-state index in [2.05, 4.69) is 76.4 Å². The van der Waals surface area contributed by atoms with E-state index in [0.29, 0.717) is 28.2 Å². The third kappa shape index (κ3) is 7.72. The first-order valence-electron chi connectivity index (χ1n) is 24.1. The number of aryl methyl sites for hydroxylation is 1. The molecule has 4 heteroatoms. The molecule has 0 aliphatic carbocycles. The van der Waals surface area contributed by atoms with E-state index in [-0.39, 0.29) is 22.1 Å². The molecular weight excluding hydrogens is 719 g/mol. The Bertz CT molecular complexity index is 3210. The Hall–Kier alpha value is -6.26. The van der Waals surface area contributed by atoms with Crippen molar-refractivity contribution in [1.82, 2.24) is 14.5 Å². The number of rotatable bonds is 7. The molecule has 8 aromatic rings. The van der Waals surface area contributed by atoms with Gasteiger partial charge < -0.3 is 5.11 Å². The zero-order valence-corrected chi connectivity index (χ0v) is 35.3. The molecule has 2 heterocycles. The van der Waals surface area contributed by atoms with E-state index >= 15 is 0 Å². The number of hydrogen-bond donors (Lipinski definition) is 1. The maximum Gasteiger partial charge on any atom is 0.149 e. The number of fused-ring (bicyclic) bond motifs is 1. The summed E-state index contributed by atoms with van der Waals surface area (Å²) < 4.78 is 69.6. The lowest BCUT2D eigenvalue weighted by atomic mass is 9.83. The van der Waals surface area contributed by atoms with Crippen molar-refractivity contribution in [1.29, 1.82) is 0 Å². The quantitative estimate of drug-likeness (QED) is 0.175. The molecule has 0 aliphatic rings. The number of para-hydroxylation sites is 1. The monoisotopic (exact) mass is 781 g/mol. The van der Waals surface area contributed by atoms with Crippen LogP contribution in [0, 0.1) is 13.8 Å². The second kappa shape index (κ2) is 15.2. The van der Waals surface area contributed by atoms with E-state index < -0.39 is 42.5 Å². The third-order valence-electron chi connectivity index (χ3n) is 11.1. The van der Waals surface area contributed by atoms with Crippen molar-refractivity contribution in [2.45, 2.75) is 85.9 Å². The van der Waals surface area contributed by atoms with Crippen LogP contribution in [0.1, 0.15) is 100 Å². The number of benzene rings is 6. The number of nitrogens with zero attached hydrogens (tertiary/aromatic N) is 3. The van der Waals surface area contributed by atoms with Gasteiger partial charge in [-0.05, 0) is 124 Å². The Balaban J connectivity index is 1.42. The van der Waals surface area contributed by atoms with Gasteiger partial charge in [0.05, 0.1) is 33.5 Å². The first-order chi connectivity index (χ1) is 31.3. The summed E-state index contributed by atoms with van der Waals surface area (Å²) in [6.07, 6.45) is 1.56. The molecule has 0 radical (unpaired) electrons. The molecule has 0 unspecified atom stereocenters. The molecule has 0 spiro atoms. The molecular formula is C55H55N3O. The summed E-state index contributed by atoms with van der Waals surface area (Å²) in [6.45, 7) is 15.7. The Morgan fingerprint density at radius 2 is 1.37 bits per heavy atom. The van der Waals surface area contributed by atoms with E-state index in [1.165, 1.54) is 0 Å². The SMILES string of the molecule is [2H]c1c([2H])c(C([2H])([2H])[2H])c([2H])c([2H])c1-c1ccnc(-c2cc(-c3cccc4c3nc(-c3cc(C(C)(C)C)cc(C)c3O)n4-c3ccc(C([2H])(C)C)cc3-c3ccccc3)cc(C(C)(C)C)c2)c1. The molecule has 0 amide bonds. The van der Waals surface area contributed by atoms with Crippen molar-refractivity contribution >= 4 is 11.0 Å². The number of phenolic OH excluding ortho intramolecular Hbond substituents is 1. The van der Waals surface area contributed by atoms with Gasteiger partial charge >= 0.3 is 0 Å². The smallest absolute Gasteiger partial charge is 0.149 e. The van der Waals surface area contributed by atoms with Crippen LogP contribution in [-0.4, -0.2) is 19.6 Å². The van der Waals surface area contributed by atoms with Gasteiger partial charge in [0, 0.05) is 28.4 Å². The molecule has 8 rings (SSSR count). The third-order valence-corrected chi connectivity index (χ3v) is 11.1. The average molecular weight is 782 g/mol. The summed E-state index contributed by atoms with van der Waals surface area (Å²) in [4.78, 5) is 10.3. The van der Waals surface area contributed by atoms with E-state index in [0.717, 1.165) is 61.3 Å². The predicted molar refractivity (Wildman–Crippen MR) is 249 cm³/mol. The molecule has 2 aromatic heterocycles. The van der Waals surface area contributed by atoms with Crippen molar-refractivity contribution in [3.05, 3.63) is 167 Å². The lowest BCUT2D eigenvalue weighted by Crippen LogP contribution is -2.12. The fourth-order valence-corrected chi connectivity index (χ4v) is 7.60. The minimum atomic E-state index is -2.82. The summed E-state index contributed by atoms with van der Waals surface area (Å²) in [5.74, 6) is -0.188. The molecule has 0 bridgehead atoms. The maximum absolute atomic E-state index is 12.0. The first kappa shape index (κ1) is 30.8. The summed E-state index contributed by atoms with van der Waals surface area (Å²) in [5.41, 5.74) is 10.5. The van der Waals surface area contributed by atoms with Gasteiger partial charge in [-0.15, -0.1) is 0 Å². The van der Waals surface area contributed by atoms with Crippen LogP contribution in [0.25, 0.3) is 72.7 Å². The van der Waals surface area contributed by atoms with Gasteiger partial charge in [-0.25, -0.2) is 4.98 Å². The van der Waals surface area contributed by atoms with E-state index in [9.17, 15) is 5.11 Å². The van der Waals surface area contributed by atoms with Crippen LogP contribution < -0.4 is 0 Å². The van der Waals surface area contributed by atoms with Gasteiger partial charge in [-0.2, -0.15) is 0 Å². The van der Waals surface area contributed by atoms with Gasteiger partial charge in [0.2, 0.25) is 0 Å². The van der Waals surface area contributed by atoms with Crippen molar-refractivity contribution < 1.29 is 16.1 Å². The molecule has 6 aromatic carbocycles. The fraction of sp³-hybridized carbons (Fsp3) is 0.236. The van der Waals surface area contributed by atoms with Crippen molar-refractivity contribution in [3.8, 4) is 67.5 Å². The highest BCUT2D eigenvalue weighted by molar-refractivity contribution is 5.98. The van der Waals surface area contributed by atoms with Crippen LogP contribution in [0.5, 0.6) is 5.75 Å². The van der Waals surface area contributed by atoms with Gasteiger partial charge in [0.1, 0.15) is 11.6 Å². The van der Waals surface area contributed by atoms with Crippen LogP contribution in [0.3, 0.4) is 0 Å². The van der Waals surface area contributed by atoms with Crippen molar-refractivity contribution in [2.24, 2.45) is 0 Å². The highest BCUT2D eigenvalue weighted by atomic mass is 16.3. The topological polar surface area (TPSA) is 50.9 Å². The summed E-state index contributed by atoms with van der Waals surface area (Å²) in [6, 6.07) is 33.9. The second-order valence-electron chi connectivity index (χ2n) is 17.7. The first-order valence-corrected chi connectivity index (χ1v) is 20.1. The minimum absolute atomic E-state index is 0.00935. The molecule has 1 N–H and O–H groups in total.